The number of anilines is 2. The van der Waals surface area contributed by atoms with Gasteiger partial charge in [-0.25, -0.2) is 12.8 Å². The average molecular weight is 388 g/mol. The number of carbonyl (C=O) groups is 1. The minimum Gasteiger partial charge on any atom is -0.323 e. The van der Waals surface area contributed by atoms with E-state index >= 15 is 0 Å². The van der Waals surface area contributed by atoms with Crippen LogP contribution in [0, 0.1) is 12.7 Å². The first-order valence-corrected chi connectivity index (χ1v) is 9.48. The topological polar surface area (TPSA) is 93.1 Å². The number of hydrogen-bond acceptors (Lipinski definition) is 4. The zero-order chi connectivity index (χ0) is 19.4. The van der Waals surface area contributed by atoms with Crippen molar-refractivity contribution in [1.82, 2.24) is 9.78 Å². The van der Waals surface area contributed by atoms with Crippen LogP contribution in [0.5, 0.6) is 0 Å². The second-order valence-corrected chi connectivity index (χ2v) is 7.55. The highest BCUT2D eigenvalue weighted by atomic mass is 32.2. The van der Waals surface area contributed by atoms with E-state index in [1.54, 1.807) is 30.6 Å². The Labute approximate surface area is 155 Å². The van der Waals surface area contributed by atoms with Crippen LogP contribution in [0.15, 0.2) is 65.8 Å². The standard InChI is InChI=1S/C18H17FN4O3S/c1-13-10-20-23(11-13)12-18(24)21-16-4-2-3-5-17(16)22-27(25,26)15-8-6-14(19)7-9-15/h2-11,22H,12H2,1H3,(H,21,24). The summed E-state index contributed by atoms with van der Waals surface area (Å²) in [7, 11) is -3.93. The van der Waals surface area contributed by atoms with E-state index in [1.165, 1.54) is 22.9 Å². The summed E-state index contributed by atoms with van der Waals surface area (Å²) in [5.41, 5.74) is 1.43. The van der Waals surface area contributed by atoms with Gasteiger partial charge in [0.05, 0.1) is 22.5 Å². The van der Waals surface area contributed by atoms with Crippen molar-refractivity contribution < 1.29 is 17.6 Å². The predicted octanol–water partition coefficient (Wildman–Crippen LogP) is 2.77. The maximum atomic E-state index is 13.0. The van der Waals surface area contributed by atoms with E-state index in [0.717, 1.165) is 17.7 Å². The molecule has 2 N–H and O–H groups in total. The Balaban J connectivity index is 1.77. The first kappa shape index (κ1) is 18.6. The van der Waals surface area contributed by atoms with E-state index in [-0.39, 0.29) is 23.0 Å². The molecule has 0 radical (unpaired) electrons. The molecule has 0 fully saturated rings. The van der Waals surface area contributed by atoms with Gasteiger partial charge in [-0.3, -0.25) is 14.2 Å². The van der Waals surface area contributed by atoms with Gasteiger partial charge < -0.3 is 5.32 Å². The molecule has 140 valence electrons. The normalized spacial score (nSPS) is 11.2. The number of carbonyl (C=O) groups excluding carboxylic acids is 1. The summed E-state index contributed by atoms with van der Waals surface area (Å²) in [5.74, 6) is -0.887. The lowest BCUT2D eigenvalue weighted by Crippen LogP contribution is -2.21. The lowest BCUT2D eigenvalue weighted by Gasteiger charge is -2.13. The molecule has 0 atom stereocenters. The van der Waals surface area contributed by atoms with Crippen LogP contribution in [-0.2, 0) is 21.4 Å². The molecule has 0 saturated carbocycles. The maximum Gasteiger partial charge on any atom is 0.261 e. The fourth-order valence-electron chi connectivity index (χ4n) is 2.39. The highest BCUT2D eigenvalue weighted by Gasteiger charge is 2.17. The summed E-state index contributed by atoms with van der Waals surface area (Å²) < 4.78 is 41.9. The van der Waals surface area contributed by atoms with Crippen molar-refractivity contribution in [3.63, 3.8) is 0 Å². The van der Waals surface area contributed by atoms with Gasteiger partial charge in [-0.05, 0) is 48.9 Å². The lowest BCUT2D eigenvalue weighted by atomic mass is 10.2. The summed E-state index contributed by atoms with van der Waals surface area (Å²) >= 11 is 0. The highest BCUT2D eigenvalue weighted by Crippen LogP contribution is 2.24. The quantitative estimate of drug-likeness (QED) is 0.679. The molecule has 2 aromatic carbocycles. The van der Waals surface area contributed by atoms with Gasteiger partial charge in [0.1, 0.15) is 12.4 Å². The Morgan fingerprint density at radius 2 is 1.78 bits per heavy atom. The number of nitrogens with one attached hydrogen (secondary N) is 2. The summed E-state index contributed by atoms with van der Waals surface area (Å²) in [4.78, 5) is 12.1. The monoisotopic (exact) mass is 388 g/mol. The number of hydrogen-bond donors (Lipinski definition) is 2. The zero-order valence-electron chi connectivity index (χ0n) is 14.4. The van der Waals surface area contributed by atoms with Crippen molar-refractivity contribution >= 4 is 27.3 Å². The van der Waals surface area contributed by atoms with Crippen LogP contribution in [-0.4, -0.2) is 24.1 Å². The van der Waals surface area contributed by atoms with Crippen LogP contribution in [0.25, 0.3) is 0 Å². The molecule has 27 heavy (non-hydrogen) atoms. The molecule has 9 heteroatoms. The van der Waals surface area contributed by atoms with Gasteiger partial charge in [-0.15, -0.1) is 0 Å². The number of aromatic nitrogens is 2. The number of amides is 1. The number of sulfonamides is 1. The minimum absolute atomic E-state index is 0.00706. The van der Waals surface area contributed by atoms with E-state index < -0.39 is 15.8 Å². The molecule has 0 aliphatic carbocycles. The second kappa shape index (κ2) is 7.58. The smallest absolute Gasteiger partial charge is 0.261 e. The molecule has 7 nitrogen and oxygen atoms in total. The lowest BCUT2D eigenvalue weighted by molar-refractivity contribution is -0.116. The molecular formula is C18H17FN4O3S. The largest absolute Gasteiger partial charge is 0.323 e. The molecule has 3 rings (SSSR count). The van der Waals surface area contributed by atoms with Crippen LogP contribution in [0.1, 0.15) is 5.56 Å². The van der Waals surface area contributed by atoms with Crippen LogP contribution in [0.4, 0.5) is 15.8 Å². The number of nitrogens with zero attached hydrogens (tertiary/aromatic N) is 2. The maximum absolute atomic E-state index is 13.0. The number of aryl methyl sites for hydroxylation is 1. The number of para-hydroxylation sites is 2. The van der Waals surface area contributed by atoms with Crippen molar-refractivity contribution in [2.24, 2.45) is 0 Å². The van der Waals surface area contributed by atoms with Gasteiger partial charge in [-0.1, -0.05) is 12.1 Å². The molecule has 0 bridgehead atoms. The molecule has 0 unspecified atom stereocenters. The third kappa shape index (κ3) is 4.70. The third-order valence-corrected chi connectivity index (χ3v) is 5.02. The summed E-state index contributed by atoms with van der Waals surface area (Å²) in [5, 5.41) is 6.70. The van der Waals surface area contributed by atoms with Crippen LogP contribution >= 0.6 is 0 Å². The molecule has 0 saturated heterocycles. The predicted molar refractivity (Wildman–Crippen MR) is 99.2 cm³/mol. The average Bonchev–Trinajstić information content (AvgIpc) is 3.01. The molecule has 0 aliphatic heterocycles. The molecule has 1 heterocycles. The zero-order valence-corrected chi connectivity index (χ0v) is 15.2. The Hall–Kier alpha value is -3.20. The molecule has 3 aromatic rings. The molecule has 0 aliphatic rings. The first-order valence-electron chi connectivity index (χ1n) is 8.00. The third-order valence-electron chi connectivity index (χ3n) is 3.64. The fourth-order valence-corrected chi connectivity index (χ4v) is 3.47. The van der Waals surface area contributed by atoms with E-state index in [0.29, 0.717) is 5.69 Å². The van der Waals surface area contributed by atoms with Gasteiger partial charge >= 0.3 is 0 Å². The van der Waals surface area contributed by atoms with Crippen molar-refractivity contribution in [2.45, 2.75) is 18.4 Å². The summed E-state index contributed by atoms with van der Waals surface area (Å²) in [6, 6.07) is 10.9. The van der Waals surface area contributed by atoms with Gasteiger partial charge in [0.25, 0.3) is 10.0 Å². The van der Waals surface area contributed by atoms with Crippen molar-refractivity contribution in [3.8, 4) is 0 Å². The Morgan fingerprint density at radius 3 is 2.41 bits per heavy atom. The SMILES string of the molecule is Cc1cnn(CC(=O)Nc2ccccc2NS(=O)(=O)c2ccc(F)cc2)c1. The summed E-state index contributed by atoms with van der Waals surface area (Å²) in [6.45, 7) is 1.85. The van der Waals surface area contributed by atoms with E-state index in [1.807, 2.05) is 6.92 Å². The van der Waals surface area contributed by atoms with Gasteiger partial charge in [-0.2, -0.15) is 5.10 Å². The van der Waals surface area contributed by atoms with Gasteiger partial charge in [0.15, 0.2) is 0 Å². The molecule has 0 spiro atoms. The van der Waals surface area contributed by atoms with E-state index in [9.17, 15) is 17.6 Å². The number of rotatable bonds is 6. The Bertz CT molecular complexity index is 1060. The van der Waals surface area contributed by atoms with Gasteiger partial charge in [0.2, 0.25) is 5.91 Å². The van der Waals surface area contributed by atoms with E-state index in [4.69, 9.17) is 0 Å². The van der Waals surface area contributed by atoms with Crippen molar-refractivity contribution in [2.75, 3.05) is 10.0 Å². The molecular weight excluding hydrogens is 371 g/mol. The van der Waals surface area contributed by atoms with Gasteiger partial charge in [0, 0.05) is 6.20 Å². The van der Waals surface area contributed by atoms with Crippen LogP contribution in [0.3, 0.4) is 0 Å². The highest BCUT2D eigenvalue weighted by molar-refractivity contribution is 7.92. The molecule has 1 amide bonds. The van der Waals surface area contributed by atoms with E-state index in [2.05, 4.69) is 15.1 Å². The Morgan fingerprint density at radius 1 is 1.11 bits per heavy atom. The minimum atomic E-state index is -3.93. The van der Waals surface area contributed by atoms with Crippen LogP contribution < -0.4 is 10.0 Å². The summed E-state index contributed by atoms with van der Waals surface area (Å²) in [6.07, 6.45) is 3.36. The second-order valence-electron chi connectivity index (χ2n) is 5.87. The van der Waals surface area contributed by atoms with Crippen LogP contribution in [0.2, 0.25) is 0 Å². The molecule has 1 aromatic heterocycles. The van der Waals surface area contributed by atoms with Crippen molar-refractivity contribution in [3.05, 3.63) is 72.3 Å². The first-order chi connectivity index (χ1) is 12.8. The Kier molecular flexibility index (Phi) is 5.22. The van der Waals surface area contributed by atoms with Crippen molar-refractivity contribution in [1.29, 1.82) is 0 Å². The fraction of sp³-hybridized carbons (Fsp3) is 0.111. The number of benzene rings is 2. The number of halogens is 1.